The van der Waals surface area contributed by atoms with Gasteiger partial charge in [0.2, 0.25) is 0 Å². The van der Waals surface area contributed by atoms with Crippen LogP contribution in [0.4, 0.5) is 0 Å². The Morgan fingerprint density at radius 3 is 2.00 bits per heavy atom. The van der Waals surface area contributed by atoms with E-state index in [1.54, 1.807) is 0 Å². The van der Waals surface area contributed by atoms with E-state index in [0.29, 0.717) is 5.92 Å². The van der Waals surface area contributed by atoms with E-state index in [0.717, 1.165) is 13.2 Å². The summed E-state index contributed by atoms with van der Waals surface area (Å²) < 4.78 is 4.90. The Labute approximate surface area is 52.6 Å². The van der Waals surface area contributed by atoms with Crippen LogP contribution in [0.5, 0.6) is 0 Å². The molecule has 8 heavy (non-hydrogen) atoms. The van der Waals surface area contributed by atoms with Crippen molar-refractivity contribution in [3.8, 4) is 0 Å². The summed E-state index contributed by atoms with van der Waals surface area (Å²) in [7, 11) is 11.1. The Morgan fingerprint density at radius 2 is 2.00 bits per heavy atom. The molecule has 0 amide bonds. The highest BCUT2D eigenvalue weighted by molar-refractivity contribution is 6.39. The zero-order valence-electron chi connectivity index (χ0n) is 5.05. The summed E-state index contributed by atoms with van der Waals surface area (Å²) in [6.45, 7) is 3.27. The smallest absolute Gasteiger partial charge is 0.0622 e. The SMILES string of the molecule is [B]C([B])(C)C1COC1. The molecular weight excluding hydrogens is 97.7 g/mol. The molecule has 1 fully saturated rings. The molecule has 4 radical (unpaired) electrons. The van der Waals surface area contributed by atoms with Crippen LogP contribution in [0.1, 0.15) is 6.92 Å². The largest absolute Gasteiger partial charge is 0.381 e. The Balaban J connectivity index is 2.34. The minimum atomic E-state index is -0.530. The van der Waals surface area contributed by atoms with E-state index in [1.165, 1.54) is 0 Å². The van der Waals surface area contributed by atoms with Gasteiger partial charge in [0, 0.05) is 0 Å². The maximum absolute atomic E-state index is 5.54. The van der Waals surface area contributed by atoms with Crippen molar-refractivity contribution in [2.24, 2.45) is 5.92 Å². The van der Waals surface area contributed by atoms with Gasteiger partial charge >= 0.3 is 0 Å². The Hall–Kier alpha value is 0.0899. The quantitative estimate of drug-likeness (QED) is 0.430. The van der Waals surface area contributed by atoms with Crippen molar-refractivity contribution in [2.75, 3.05) is 13.2 Å². The molecule has 0 unspecified atom stereocenters. The van der Waals surface area contributed by atoms with Crippen molar-refractivity contribution in [3.63, 3.8) is 0 Å². The summed E-state index contributed by atoms with van der Waals surface area (Å²) in [5.74, 6) is 0.363. The summed E-state index contributed by atoms with van der Waals surface area (Å²) in [4.78, 5) is 0. The first-order valence-electron chi connectivity index (χ1n) is 2.76. The minimum absolute atomic E-state index is 0.363. The number of hydrogen-bond donors (Lipinski definition) is 0. The van der Waals surface area contributed by atoms with Crippen molar-refractivity contribution in [1.29, 1.82) is 0 Å². The highest BCUT2D eigenvalue weighted by Crippen LogP contribution is 2.32. The van der Waals surface area contributed by atoms with Crippen LogP contribution in [0.15, 0.2) is 0 Å². The third-order valence-electron chi connectivity index (χ3n) is 1.52. The third-order valence-corrected chi connectivity index (χ3v) is 1.52. The van der Waals surface area contributed by atoms with E-state index in [4.69, 9.17) is 20.4 Å². The molecule has 0 aliphatic carbocycles. The topological polar surface area (TPSA) is 9.23 Å². The van der Waals surface area contributed by atoms with Crippen molar-refractivity contribution in [2.45, 2.75) is 12.1 Å². The average molecular weight is 106 g/mol. The first-order chi connectivity index (χ1) is 3.61. The normalized spacial score (nSPS) is 22.6. The average Bonchev–Trinajstić information content (AvgIpc) is 1.16. The summed E-state index contributed by atoms with van der Waals surface area (Å²) in [6.07, 6.45) is 0. The van der Waals surface area contributed by atoms with Crippen molar-refractivity contribution >= 4 is 15.7 Å². The van der Waals surface area contributed by atoms with Gasteiger partial charge in [0.1, 0.15) is 0 Å². The first kappa shape index (κ1) is 6.21. The molecule has 1 nitrogen and oxygen atoms in total. The molecular formula is C5H8B2O. The second-order valence-electron chi connectivity index (χ2n) is 2.60. The van der Waals surface area contributed by atoms with Gasteiger partial charge in [-0.2, -0.15) is 0 Å². The molecule has 1 heterocycles. The van der Waals surface area contributed by atoms with Crippen LogP contribution < -0.4 is 0 Å². The van der Waals surface area contributed by atoms with E-state index < -0.39 is 5.21 Å². The molecule has 0 aromatic heterocycles. The van der Waals surface area contributed by atoms with E-state index in [-0.39, 0.29) is 0 Å². The van der Waals surface area contributed by atoms with Crippen LogP contribution in [-0.4, -0.2) is 28.9 Å². The van der Waals surface area contributed by atoms with Gasteiger partial charge in [0.05, 0.1) is 28.9 Å². The molecule has 1 rings (SSSR count). The van der Waals surface area contributed by atoms with Gasteiger partial charge < -0.3 is 4.74 Å². The predicted molar refractivity (Wildman–Crippen MR) is 34.2 cm³/mol. The van der Waals surface area contributed by atoms with Gasteiger partial charge in [-0.1, -0.05) is 12.1 Å². The molecule has 40 valence electrons. The Morgan fingerprint density at radius 1 is 1.50 bits per heavy atom. The molecule has 1 aliphatic heterocycles. The number of rotatable bonds is 1. The van der Waals surface area contributed by atoms with Gasteiger partial charge in [-0.15, -0.1) is 0 Å². The maximum Gasteiger partial charge on any atom is 0.0622 e. The lowest BCUT2D eigenvalue weighted by Gasteiger charge is -2.38. The van der Waals surface area contributed by atoms with Crippen molar-refractivity contribution < 1.29 is 4.74 Å². The van der Waals surface area contributed by atoms with Gasteiger partial charge in [-0.3, -0.25) is 0 Å². The summed E-state index contributed by atoms with van der Waals surface area (Å²) in [5.41, 5.74) is 0. The number of hydrogen-bond acceptors (Lipinski definition) is 1. The molecule has 0 saturated carbocycles. The molecule has 0 aromatic carbocycles. The second kappa shape index (κ2) is 1.80. The highest BCUT2D eigenvalue weighted by atomic mass is 16.5. The fourth-order valence-electron chi connectivity index (χ4n) is 0.595. The van der Waals surface area contributed by atoms with Gasteiger partial charge in [0.25, 0.3) is 0 Å². The van der Waals surface area contributed by atoms with Crippen LogP contribution in [0, 0.1) is 5.92 Å². The lowest BCUT2D eigenvalue weighted by Crippen LogP contribution is -2.37. The monoisotopic (exact) mass is 106 g/mol. The summed E-state index contributed by atoms with van der Waals surface area (Å²) in [5, 5.41) is -0.530. The van der Waals surface area contributed by atoms with Crippen molar-refractivity contribution in [3.05, 3.63) is 0 Å². The van der Waals surface area contributed by atoms with E-state index in [9.17, 15) is 0 Å². The zero-order chi connectivity index (χ0) is 6.20. The van der Waals surface area contributed by atoms with Crippen LogP contribution in [-0.2, 0) is 4.74 Å². The second-order valence-corrected chi connectivity index (χ2v) is 2.60. The van der Waals surface area contributed by atoms with E-state index >= 15 is 0 Å². The fourth-order valence-corrected chi connectivity index (χ4v) is 0.595. The maximum atomic E-state index is 5.54. The Kier molecular flexibility index (Phi) is 1.40. The fraction of sp³-hybridized carbons (Fsp3) is 1.00. The Bertz CT molecular complexity index is 82.9. The molecule has 0 bridgehead atoms. The van der Waals surface area contributed by atoms with Crippen LogP contribution in [0.25, 0.3) is 0 Å². The third kappa shape index (κ3) is 1.08. The summed E-state index contributed by atoms with van der Waals surface area (Å²) >= 11 is 0. The molecule has 0 spiro atoms. The summed E-state index contributed by atoms with van der Waals surface area (Å²) in [6, 6.07) is 0. The molecule has 0 aromatic rings. The first-order valence-corrected chi connectivity index (χ1v) is 2.76. The van der Waals surface area contributed by atoms with Crippen LogP contribution in [0.3, 0.4) is 0 Å². The van der Waals surface area contributed by atoms with E-state index in [1.807, 2.05) is 6.92 Å². The van der Waals surface area contributed by atoms with Gasteiger partial charge in [-0.25, -0.2) is 0 Å². The van der Waals surface area contributed by atoms with Crippen molar-refractivity contribution in [1.82, 2.24) is 0 Å². The number of ether oxygens (including phenoxy) is 1. The van der Waals surface area contributed by atoms with Crippen LogP contribution >= 0.6 is 0 Å². The van der Waals surface area contributed by atoms with E-state index in [2.05, 4.69) is 0 Å². The molecule has 3 heteroatoms. The molecule has 1 saturated heterocycles. The van der Waals surface area contributed by atoms with Gasteiger partial charge in [-0.05, 0) is 5.92 Å². The minimum Gasteiger partial charge on any atom is -0.381 e. The van der Waals surface area contributed by atoms with Gasteiger partial charge in [0.15, 0.2) is 0 Å². The zero-order valence-corrected chi connectivity index (χ0v) is 5.05. The molecule has 0 atom stereocenters. The van der Waals surface area contributed by atoms with Crippen LogP contribution in [0.2, 0.25) is 5.21 Å². The molecule has 1 aliphatic rings. The standard InChI is InChI=1S/C5H8B2O/c1-5(6,7)4-2-8-3-4/h4H,2-3H2,1H3. The lowest BCUT2D eigenvalue weighted by molar-refractivity contribution is -0.0387. The highest BCUT2D eigenvalue weighted by Gasteiger charge is 2.29. The predicted octanol–water partition coefficient (Wildman–Crippen LogP) is 0.106. The lowest BCUT2D eigenvalue weighted by atomic mass is 9.49. The molecule has 0 N–H and O–H groups in total.